The zero-order valence-corrected chi connectivity index (χ0v) is 23.4. The summed E-state index contributed by atoms with van der Waals surface area (Å²) < 4.78 is 0. The van der Waals surface area contributed by atoms with Gasteiger partial charge in [0.25, 0.3) is 0 Å². The van der Waals surface area contributed by atoms with E-state index in [4.69, 9.17) is 5.73 Å². The van der Waals surface area contributed by atoms with Crippen LogP contribution in [0.3, 0.4) is 0 Å². The molecule has 0 saturated carbocycles. The van der Waals surface area contributed by atoms with Crippen molar-refractivity contribution >= 4 is 0 Å². The highest BCUT2D eigenvalue weighted by molar-refractivity contribution is 5.14. The zero-order valence-electron chi connectivity index (χ0n) is 23.4. The van der Waals surface area contributed by atoms with Crippen LogP contribution in [0.2, 0.25) is 0 Å². The molecule has 190 valence electrons. The lowest BCUT2D eigenvalue weighted by Gasteiger charge is -2.38. The van der Waals surface area contributed by atoms with Gasteiger partial charge in [0.1, 0.15) is 0 Å². The molecule has 0 radical (unpaired) electrons. The second-order valence-electron chi connectivity index (χ2n) is 9.90. The molecule has 4 N–H and O–H groups in total. The van der Waals surface area contributed by atoms with E-state index in [-0.39, 0.29) is 11.1 Å². The Kier molecular flexibility index (Phi) is 19.1. The average molecular weight is 452 g/mol. The number of rotatable bonds is 7. The van der Waals surface area contributed by atoms with E-state index >= 15 is 0 Å². The van der Waals surface area contributed by atoms with Gasteiger partial charge in [0.15, 0.2) is 0 Å². The molecular formula is C27H57N5. The van der Waals surface area contributed by atoms with Crippen LogP contribution < -0.4 is 16.4 Å². The summed E-state index contributed by atoms with van der Waals surface area (Å²) in [5.41, 5.74) is 7.25. The molecule has 1 aliphatic heterocycles. The molecule has 2 rings (SSSR count). The molecule has 0 aliphatic carbocycles. The molecule has 0 spiro atoms. The third-order valence-corrected chi connectivity index (χ3v) is 5.71. The predicted molar refractivity (Wildman–Crippen MR) is 145 cm³/mol. The number of nitrogens with two attached hydrogens (primary N) is 1. The first-order valence-corrected chi connectivity index (χ1v) is 12.6. The second-order valence-corrected chi connectivity index (χ2v) is 9.90. The largest absolute Gasteiger partial charge is 0.326 e. The summed E-state index contributed by atoms with van der Waals surface area (Å²) in [6.45, 7) is 25.8. The molecule has 0 atom stereocenters. The summed E-state index contributed by atoms with van der Waals surface area (Å²) in [5, 5.41) is 6.56. The van der Waals surface area contributed by atoms with Crippen molar-refractivity contribution in [2.24, 2.45) is 5.73 Å². The number of piperazine rings is 1. The van der Waals surface area contributed by atoms with E-state index in [0.717, 1.165) is 32.6 Å². The van der Waals surface area contributed by atoms with E-state index in [9.17, 15) is 0 Å². The molecule has 5 nitrogen and oxygen atoms in total. The van der Waals surface area contributed by atoms with Crippen molar-refractivity contribution in [3.05, 3.63) is 35.9 Å². The van der Waals surface area contributed by atoms with Crippen LogP contribution in [0.4, 0.5) is 0 Å². The molecule has 1 aromatic rings. The van der Waals surface area contributed by atoms with Gasteiger partial charge in [0, 0.05) is 56.4 Å². The quantitative estimate of drug-likeness (QED) is 0.567. The van der Waals surface area contributed by atoms with Crippen molar-refractivity contribution in [3.63, 3.8) is 0 Å². The van der Waals surface area contributed by atoms with Gasteiger partial charge in [-0.3, -0.25) is 9.80 Å². The number of hydrogen-bond donors (Lipinski definition) is 3. The maximum absolute atomic E-state index is 5.53. The molecule has 1 fully saturated rings. The highest BCUT2D eigenvalue weighted by atomic mass is 15.2. The van der Waals surface area contributed by atoms with Crippen molar-refractivity contribution in [2.45, 2.75) is 92.4 Å². The van der Waals surface area contributed by atoms with Gasteiger partial charge in [-0.2, -0.15) is 0 Å². The van der Waals surface area contributed by atoms with Gasteiger partial charge in [-0.05, 0) is 67.6 Å². The van der Waals surface area contributed by atoms with Crippen LogP contribution >= 0.6 is 0 Å². The molecular weight excluding hydrogens is 394 g/mol. The van der Waals surface area contributed by atoms with E-state index in [0.29, 0.717) is 6.04 Å². The van der Waals surface area contributed by atoms with Gasteiger partial charge in [-0.15, -0.1) is 0 Å². The molecule has 1 aliphatic rings. The zero-order chi connectivity index (χ0) is 25.2. The van der Waals surface area contributed by atoms with Crippen molar-refractivity contribution in [1.82, 2.24) is 20.4 Å². The smallest absolute Gasteiger partial charge is 0.0277 e. The van der Waals surface area contributed by atoms with Crippen LogP contribution in [0.25, 0.3) is 0 Å². The van der Waals surface area contributed by atoms with E-state index in [1.165, 1.54) is 18.7 Å². The summed E-state index contributed by atoms with van der Waals surface area (Å²) in [6, 6.07) is 11.3. The number of likely N-dealkylation sites (N-methyl/N-ethyl adjacent to an activating group) is 2. The van der Waals surface area contributed by atoms with Gasteiger partial charge < -0.3 is 16.4 Å². The van der Waals surface area contributed by atoms with Crippen molar-refractivity contribution in [3.8, 4) is 0 Å². The highest BCUT2D eigenvalue weighted by Gasteiger charge is 2.24. The minimum Gasteiger partial charge on any atom is -0.326 e. The van der Waals surface area contributed by atoms with Gasteiger partial charge in [0.05, 0.1) is 0 Å². The standard InChI is InChI=1S/C11H16N2.C9H22N2.C5H13N.C2H6/c1-2-4-11(5-3-1)10-13-8-6-12-7-9-13;1-8(2)11(6)9(3,4)7-10-5;1-4-5(2,3)6;1-2/h1-5,12H,6-10H2;8,10H,7H2,1-6H3;4,6H2,1-3H3;1-2H3. The van der Waals surface area contributed by atoms with Crippen LogP contribution in [-0.4, -0.2) is 73.7 Å². The third kappa shape index (κ3) is 17.6. The monoisotopic (exact) mass is 451 g/mol. The highest BCUT2D eigenvalue weighted by Crippen LogP contribution is 2.13. The summed E-state index contributed by atoms with van der Waals surface area (Å²) in [4.78, 5) is 4.87. The number of hydrogen-bond acceptors (Lipinski definition) is 5. The Labute approximate surface area is 201 Å². The lowest BCUT2D eigenvalue weighted by atomic mass is 10.0. The van der Waals surface area contributed by atoms with Gasteiger partial charge in [0.2, 0.25) is 0 Å². The molecule has 32 heavy (non-hydrogen) atoms. The fraction of sp³-hybridized carbons (Fsp3) is 0.778. The average Bonchev–Trinajstić information content (AvgIpc) is 2.76. The first kappa shape index (κ1) is 33.2. The fourth-order valence-electron chi connectivity index (χ4n) is 2.97. The van der Waals surface area contributed by atoms with Crippen LogP contribution in [0.1, 0.15) is 74.3 Å². The van der Waals surface area contributed by atoms with E-state index in [1.807, 2.05) is 34.7 Å². The Morgan fingerprint density at radius 1 is 1.06 bits per heavy atom. The maximum Gasteiger partial charge on any atom is 0.0277 e. The molecule has 0 amide bonds. The molecule has 5 heteroatoms. The Balaban J connectivity index is 0. The van der Waals surface area contributed by atoms with Crippen LogP contribution in [0, 0.1) is 0 Å². The normalized spacial score (nSPS) is 14.6. The molecule has 0 unspecified atom stereocenters. The van der Waals surface area contributed by atoms with E-state index in [1.54, 1.807) is 0 Å². The predicted octanol–water partition coefficient (Wildman–Crippen LogP) is 4.58. The molecule has 1 heterocycles. The molecule has 0 bridgehead atoms. The van der Waals surface area contributed by atoms with Crippen molar-refractivity contribution in [1.29, 1.82) is 0 Å². The molecule has 1 saturated heterocycles. The minimum atomic E-state index is 0.0417. The van der Waals surface area contributed by atoms with Crippen molar-refractivity contribution in [2.75, 3.05) is 46.8 Å². The summed E-state index contributed by atoms with van der Waals surface area (Å²) in [5.74, 6) is 0. The minimum absolute atomic E-state index is 0.0417. The third-order valence-electron chi connectivity index (χ3n) is 5.71. The molecule has 1 aromatic carbocycles. The van der Waals surface area contributed by atoms with Gasteiger partial charge in [-0.1, -0.05) is 51.1 Å². The topological polar surface area (TPSA) is 56.6 Å². The summed E-state index contributed by atoms with van der Waals surface area (Å²) in [6.07, 6.45) is 1.05. The van der Waals surface area contributed by atoms with Crippen LogP contribution in [0.15, 0.2) is 30.3 Å². The van der Waals surface area contributed by atoms with E-state index < -0.39 is 0 Å². The van der Waals surface area contributed by atoms with E-state index in [2.05, 4.69) is 92.4 Å². The van der Waals surface area contributed by atoms with Crippen molar-refractivity contribution < 1.29 is 0 Å². The Morgan fingerprint density at radius 2 is 1.53 bits per heavy atom. The van der Waals surface area contributed by atoms with Crippen LogP contribution in [-0.2, 0) is 6.54 Å². The van der Waals surface area contributed by atoms with Gasteiger partial charge >= 0.3 is 0 Å². The SMILES string of the molecule is CC.CCC(C)(C)N.CNCC(C)(C)N(C)C(C)C.c1ccc(CN2CCNCC2)cc1. The fourth-order valence-corrected chi connectivity index (χ4v) is 2.97. The van der Waals surface area contributed by atoms with Crippen LogP contribution in [0.5, 0.6) is 0 Å². The first-order chi connectivity index (χ1) is 14.9. The summed E-state index contributed by atoms with van der Waals surface area (Å²) >= 11 is 0. The lowest BCUT2D eigenvalue weighted by Crippen LogP contribution is -2.50. The maximum atomic E-state index is 5.53. The number of benzene rings is 1. The Hall–Kier alpha value is -0.980. The van der Waals surface area contributed by atoms with Gasteiger partial charge in [-0.25, -0.2) is 0 Å². The molecule has 0 aromatic heterocycles. The lowest BCUT2D eigenvalue weighted by molar-refractivity contribution is 0.119. The number of nitrogens with one attached hydrogen (secondary N) is 2. The summed E-state index contributed by atoms with van der Waals surface area (Å²) in [7, 11) is 4.16. The number of nitrogens with zero attached hydrogens (tertiary/aromatic N) is 2. The Morgan fingerprint density at radius 3 is 1.91 bits per heavy atom. The second kappa shape index (κ2) is 18.4. The first-order valence-electron chi connectivity index (χ1n) is 12.6. The Bertz CT molecular complexity index is 517.